The van der Waals surface area contributed by atoms with Crippen molar-refractivity contribution in [3.8, 4) is 5.75 Å². The average Bonchev–Trinajstić information content (AvgIpc) is 2.31. The quantitative estimate of drug-likeness (QED) is 0.357. The van der Waals surface area contributed by atoms with Gasteiger partial charge in [-0.15, -0.1) is 0 Å². The molecule has 7 nitrogen and oxygen atoms in total. The Kier molecular flexibility index (Phi) is 5.05. The molecule has 1 unspecified atom stereocenters. The van der Waals surface area contributed by atoms with Gasteiger partial charge >= 0.3 is 0 Å². The molecule has 3 N–H and O–H groups in total. The number of hydrazine groups is 1. The fourth-order valence-electron chi connectivity index (χ4n) is 1.11. The lowest BCUT2D eigenvalue weighted by molar-refractivity contribution is -0.385. The zero-order valence-electron chi connectivity index (χ0n) is 9.15. The van der Waals surface area contributed by atoms with Crippen LogP contribution >= 0.6 is 31.9 Å². The number of amides is 1. The van der Waals surface area contributed by atoms with E-state index in [9.17, 15) is 14.9 Å². The van der Waals surface area contributed by atoms with E-state index in [1.807, 2.05) is 5.43 Å². The number of carbonyl (C=O) groups is 1. The van der Waals surface area contributed by atoms with Gasteiger partial charge in [-0.2, -0.15) is 0 Å². The molecule has 0 saturated heterocycles. The number of nitrogens with zero attached hydrogens (tertiary/aromatic N) is 1. The topological polar surface area (TPSA) is 107 Å². The van der Waals surface area contributed by atoms with Gasteiger partial charge in [-0.25, -0.2) is 5.84 Å². The monoisotopic (exact) mass is 381 g/mol. The minimum absolute atomic E-state index is 0.1000. The number of hydrogen-bond donors (Lipinski definition) is 2. The van der Waals surface area contributed by atoms with Crippen molar-refractivity contribution < 1.29 is 14.5 Å². The third-order valence-electron chi connectivity index (χ3n) is 2.00. The first-order valence-corrected chi connectivity index (χ1v) is 6.26. The number of ether oxygens (including phenoxy) is 1. The molecule has 0 aliphatic heterocycles. The maximum atomic E-state index is 11.2. The summed E-state index contributed by atoms with van der Waals surface area (Å²) in [4.78, 5) is 21.3. The van der Waals surface area contributed by atoms with E-state index in [1.165, 1.54) is 19.1 Å². The van der Waals surface area contributed by atoms with Crippen molar-refractivity contribution in [1.29, 1.82) is 0 Å². The molecule has 0 fully saturated rings. The smallest absolute Gasteiger partial charge is 0.274 e. The van der Waals surface area contributed by atoms with Crippen molar-refractivity contribution in [2.75, 3.05) is 0 Å². The Hall–Kier alpha value is -1.19. The highest BCUT2D eigenvalue weighted by atomic mass is 79.9. The summed E-state index contributed by atoms with van der Waals surface area (Å²) in [6, 6.07) is 2.57. The van der Waals surface area contributed by atoms with Crippen LogP contribution in [-0.4, -0.2) is 16.9 Å². The Morgan fingerprint density at radius 2 is 2.00 bits per heavy atom. The van der Waals surface area contributed by atoms with Crippen molar-refractivity contribution in [2.24, 2.45) is 5.84 Å². The van der Waals surface area contributed by atoms with E-state index in [1.54, 1.807) is 0 Å². The van der Waals surface area contributed by atoms with E-state index < -0.39 is 16.9 Å². The molecule has 0 saturated carbocycles. The first kappa shape index (κ1) is 14.9. The normalized spacial score (nSPS) is 11.8. The van der Waals surface area contributed by atoms with Gasteiger partial charge in [0.25, 0.3) is 11.6 Å². The molecule has 0 aliphatic carbocycles. The largest absolute Gasteiger partial charge is 0.478 e. The van der Waals surface area contributed by atoms with Crippen LogP contribution in [0.1, 0.15) is 6.92 Å². The highest BCUT2D eigenvalue weighted by Gasteiger charge is 2.20. The van der Waals surface area contributed by atoms with Crippen molar-refractivity contribution in [2.45, 2.75) is 13.0 Å². The van der Waals surface area contributed by atoms with E-state index in [2.05, 4.69) is 31.9 Å². The number of nitrogens with one attached hydrogen (secondary N) is 1. The number of non-ortho nitro benzene ring substituents is 1. The number of nitro benzene ring substituents is 1. The van der Waals surface area contributed by atoms with Gasteiger partial charge in [-0.05, 0) is 38.8 Å². The van der Waals surface area contributed by atoms with E-state index in [-0.39, 0.29) is 11.4 Å². The van der Waals surface area contributed by atoms with Gasteiger partial charge in [-0.1, -0.05) is 0 Å². The SMILES string of the molecule is CC(Oc1c(Br)cc([N+](=O)[O-])cc1Br)C(=O)NN. The molecule has 98 valence electrons. The molecule has 18 heavy (non-hydrogen) atoms. The maximum absolute atomic E-state index is 11.2. The average molecular weight is 383 g/mol. The molecule has 1 amide bonds. The fraction of sp³-hybridized carbons (Fsp3) is 0.222. The first-order chi connectivity index (χ1) is 8.36. The molecule has 0 spiro atoms. The van der Waals surface area contributed by atoms with Gasteiger partial charge in [0, 0.05) is 12.1 Å². The fourth-order valence-corrected chi connectivity index (χ4v) is 2.46. The van der Waals surface area contributed by atoms with Gasteiger partial charge in [0.15, 0.2) is 6.10 Å². The second-order valence-electron chi connectivity index (χ2n) is 3.26. The van der Waals surface area contributed by atoms with E-state index in [0.717, 1.165) is 0 Å². The molecule has 0 bridgehead atoms. The molecule has 0 radical (unpaired) electrons. The van der Waals surface area contributed by atoms with Gasteiger partial charge in [0.2, 0.25) is 0 Å². The lowest BCUT2D eigenvalue weighted by Gasteiger charge is -2.15. The zero-order valence-corrected chi connectivity index (χ0v) is 12.3. The second kappa shape index (κ2) is 6.12. The molecular weight excluding hydrogens is 374 g/mol. The molecule has 1 aromatic carbocycles. The molecular formula is C9H9Br2N3O4. The summed E-state index contributed by atoms with van der Waals surface area (Å²) < 4.78 is 6.08. The first-order valence-electron chi connectivity index (χ1n) is 4.67. The molecule has 1 atom stereocenters. The lowest BCUT2D eigenvalue weighted by Crippen LogP contribution is -2.40. The molecule has 1 aromatic rings. The molecule has 1 rings (SSSR count). The van der Waals surface area contributed by atoms with E-state index in [0.29, 0.717) is 8.95 Å². The van der Waals surface area contributed by atoms with E-state index >= 15 is 0 Å². The number of nitro groups is 1. The van der Waals surface area contributed by atoms with Crippen LogP contribution in [0.25, 0.3) is 0 Å². The Morgan fingerprint density at radius 3 is 2.39 bits per heavy atom. The van der Waals surface area contributed by atoms with Crippen molar-refractivity contribution in [3.63, 3.8) is 0 Å². The summed E-state index contributed by atoms with van der Waals surface area (Å²) in [7, 11) is 0. The highest BCUT2D eigenvalue weighted by Crippen LogP contribution is 2.37. The van der Waals surface area contributed by atoms with Crippen LogP contribution in [0.2, 0.25) is 0 Å². The second-order valence-corrected chi connectivity index (χ2v) is 4.97. The lowest BCUT2D eigenvalue weighted by atomic mass is 10.3. The summed E-state index contributed by atoms with van der Waals surface area (Å²) in [6.45, 7) is 1.50. The maximum Gasteiger partial charge on any atom is 0.274 e. The van der Waals surface area contributed by atoms with Crippen LogP contribution < -0.4 is 16.0 Å². The number of rotatable bonds is 4. The highest BCUT2D eigenvalue weighted by molar-refractivity contribution is 9.11. The Morgan fingerprint density at radius 1 is 1.50 bits per heavy atom. The summed E-state index contributed by atoms with van der Waals surface area (Å²) >= 11 is 6.29. The van der Waals surface area contributed by atoms with Crippen molar-refractivity contribution in [3.05, 3.63) is 31.2 Å². The molecule has 0 heterocycles. The van der Waals surface area contributed by atoms with Crippen LogP contribution in [0.5, 0.6) is 5.75 Å². The molecule has 0 aliphatic rings. The van der Waals surface area contributed by atoms with E-state index in [4.69, 9.17) is 10.6 Å². The summed E-state index contributed by atoms with van der Waals surface area (Å²) in [5.74, 6) is 4.76. The van der Waals surface area contributed by atoms with Gasteiger partial charge in [0.1, 0.15) is 5.75 Å². The zero-order chi connectivity index (χ0) is 13.9. The minimum Gasteiger partial charge on any atom is -0.478 e. The third-order valence-corrected chi connectivity index (χ3v) is 3.18. The van der Waals surface area contributed by atoms with Crippen molar-refractivity contribution in [1.82, 2.24) is 5.43 Å². The van der Waals surface area contributed by atoms with Crippen LogP contribution in [-0.2, 0) is 4.79 Å². The Balaban J connectivity index is 3.04. The number of nitrogens with two attached hydrogens (primary N) is 1. The third kappa shape index (κ3) is 3.40. The Labute approximate surface area is 119 Å². The van der Waals surface area contributed by atoms with Crippen LogP contribution in [0.3, 0.4) is 0 Å². The molecule has 0 aromatic heterocycles. The Bertz CT molecular complexity index is 472. The predicted molar refractivity (Wildman–Crippen MR) is 70.9 cm³/mol. The number of halogens is 2. The number of benzene rings is 1. The van der Waals surface area contributed by atoms with Crippen LogP contribution in [0.4, 0.5) is 5.69 Å². The van der Waals surface area contributed by atoms with Gasteiger partial charge < -0.3 is 4.74 Å². The van der Waals surface area contributed by atoms with Crippen LogP contribution in [0.15, 0.2) is 21.1 Å². The minimum atomic E-state index is -0.830. The standard InChI is InChI=1S/C9H9Br2N3O4/c1-4(9(15)13-12)18-8-6(10)2-5(14(16)17)3-7(8)11/h2-4H,12H2,1H3,(H,13,15). The number of carbonyl (C=O) groups excluding carboxylic acids is 1. The summed E-state index contributed by atoms with van der Waals surface area (Å²) in [6.07, 6.45) is -0.830. The summed E-state index contributed by atoms with van der Waals surface area (Å²) in [5.41, 5.74) is 1.85. The predicted octanol–water partition coefficient (Wildman–Crippen LogP) is 1.88. The van der Waals surface area contributed by atoms with Crippen LogP contribution in [0, 0.1) is 10.1 Å². The molecule has 9 heteroatoms. The summed E-state index contributed by atoms with van der Waals surface area (Å²) in [5, 5.41) is 10.6. The number of hydrogen-bond acceptors (Lipinski definition) is 5. The van der Waals surface area contributed by atoms with Gasteiger partial charge in [0.05, 0.1) is 13.9 Å². The van der Waals surface area contributed by atoms with Gasteiger partial charge in [-0.3, -0.25) is 20.3 Å². The van der Waals surface area contributed by atoms with Crippen molar-refractivity contribution >= 4 is 43.5 Å².